The lowest BCUT2D eigenvalue weighted by Crippen LogP contribution is -2.26. The van der Waals surface area contributed by atoms with Crippen molar-refractivity contribution in [3.63, 3.8) is 0 Å². The molecular weight excluding hydrogens is 399 g/mol. The first kappa shape index (κ1) is 18.8. The van der Waals surface area contributed by atoms with Gasteiger partial charge in [0.25, 0.3) is 9.70 Å². The van der Waals surface area contributed by atoms with Crippen LogP contribution < -0.4 is 5.32 Å². The molecule has 0 unspecified atom stereocenters. The third kappa shape index (κ3) is 3.75. The Hall–Kier alpha value is -1.95. The van der Waals surface area contributed by atoms with Crippen LogP contribution in [0.5, 0.6) is 5.75 Å². The zero-order chi connectivity index (χ0) is 19.1. The van der Waals surface area contributed by atoms with Crippen molar-refractivity contribution >= 4 is 57.5 Å². The van der Waals surface area contributed by atoms with Gasteiger partial charge in [0.1, 0.15) is 11.3 Å². The van der Waals surface area contributed by atoms with E-state index in [0.717, 1.165) is 12.0 Å². The minimum Gasteiger partial charge on any atom is -0.507 e. The summed E-state index contributed by atoms with van der Waals surface area (Å²) in [6, 6.07) is 8.80. The van der Waals surface area contributed by atoms with Crippen LogP contribution in [-0.2, 0) is 11.2 Å². The Morgan fingerprint density at radius 1 is 1.27 bits per heavy atom. The van der Waals surface area contributed by atoms with Crippen molar-refractivity contribution in [1.82, 2.24) is 4.98 Å². The third-order valence-corrected chi connectivity index (χ3v) is 4.42. The second-order valence-electron chi connectivity index (χ2n) is 5.82. The average molecular weight is 414 g/mol. The zero-order valence-electron chi connectivity index (χ0n) is 13.9. The van der Waals surface area contributed by atoms with Crippen LogP contribution in [0.25, 0.3) is 22.6 Å². The van der Waals surface area contributed by atoms with Crippen LogP contribution in [0, 0.1) is 6.92 Å². The Balaban J connectivity index is 2.05. The van der Waals surface area contributed by atoms with Gasteiger partial charge in [0, 0.05) is 5.69 Å². The molecule has 8 heteroatoms. The second-order valence-corrected chi connectivity index (χ2v) is 8.10. The summed E-state index contributed by atoms with van der Waals surface area (Å²) in [5, 5.41) is 12.9. The van der Waals surface area contributed by atoms with Gasteiger partial charge in [-0.15, -0.1) is 0 Å². The Kier molecular flexibility index (Phi) is 5.06. The highest BCUT2D eigenvalue weighted by Gasteiger charge is 2.31. The van der Waals surface area contributed by atoms with E-state index in [9.17, 15) is 9.90 Å². The highest BCUT2D eigenvalue weighted by Crippen LogP contribution is 2.37. The van der Waals surface area contributed by atoms with Crippen LogP contribution >= 0.6 is 34.8 Å². The molecule has 1 heterocycles. The van der Waals surface area contributed by atoms with Crippen LogP contribution in [0.1, 0.15) is 18.1 Å². The van der Waals surface area contributed by atoms with E-state index < -0.39 is 9.70 Å². The van der Waals surface area contributed by atoms with Crippen LogP contribution in [0.4, 0.5) is 5.69 Å². The highest BCUT2D eigenvalue weighted by molar-refractivity contribution is 6.76. The number of hydrogen-bond donors (Lipinski definition) is 2. The van der Waals surface area contributed by atoms with Gasteiger partial charge in [-0.1, -0.05) is 47.8 Å². The first-order valence-electron chi connectivity index (χ1n) is 7.80. The van der Waals surface area contributed by atoms with Crippen LogP contribution in [0.15, 0.2) is 34.7 Å². The number of carbonyl (C=O) groups excluding carboxylic acids is 1. The van der Waals surface area contributed by atoms with Crippen LogP contribution in [-0.4, -0.2) is 19.8 Å². The molecule has 0 aliphatic rings. The Bertz CT molecular complexity index is 993. The first-order valence-corrected chi connectivity index (χ1v) is 8.94. The van der Waals surface area contributed by atoms with Crippen molar-refractivity contribution in [3.05, 3.63) is 41.5 Å². The van der Waals surface area contributed by atoms with Gasteiger partial charge in [0.2, 0.25) is 5.89 Å². The molecule has 136 valence electrons. The molecule has 0 spiro atoms. The third-order valence-electron chi connectivity index (χ3n) is 3.91. The molecule has 0 saturated heterocycles. The van der Waals surface area contributed by atoms with E-state index in [1.807, 2.05) is 25.1 Å². The molecular formula is C18H15Cl3N2O3. The molecule has 5 nitrogen and oxygen atoms in total. The van der Waals surface area contributed by atoms with Crippen LogP contribution in [0.3, 0.4) is 0 Å². The summed E-state index contributed by atoms with van der Waals surface area (Å²) in [6.07, 6.45) is 0.876. The zero-order valence-corrected chi connectivity index (χ0v) is 16.2. The van der Waals surface area contributed by atoms with Gasteiger partial charge in [0.15, 0.2) is 5.58 Å². The van der Waals surface area contributed by atoms with E-state index >= 15 is 0 Å². The predicted octanol–water partition coefficient (Wildman–Crippen LogP) is 5.38. The number of aromatic hydroxyl groups is 1. The van der Waals surface area contributed by atoms with Gasteiger partial charge in [-0.2, -0.15) is 0 Å². The number of anilines is 1. The van der Waals surface area contributed by atoms with E-state index in [-0.39, 0.29) is 11.6 Å². The number of nitrogens with zero attached hydrogens (tertiary/aromatic N) is 1. The SMILES string of the molecule is CCc1ccc2oc(-c3cc(NC(=O)C(Cl)(Cl)Cl)cc(C)c3O)nc2c1. The number of amides is 1. The molecule has 0 atom stereocenters. The molecule has 0 aliphatic carbocycles. The van der Waals surface area contributed by atoms with Crippen LogP contribution in [0.2, 0.25) is 0 Å². The molecule has 2 aromatic carbocycles. The quantitative estimate of drug-likeness (QED) is 0.446. The molecule has 3 rings (SSSR count). The molecule has 0 aliphatic heterocycles. The fourth-order valence-electron chi connectivity index (χ4n) is 2.52. The smallest absolute Gasteiger partial charge is 0.276 e. The number of nitrogens with one attached hydrogen (secondary N) is 1. The maximum Gasteiger partial charge on any atom is 0.276 e. The molecule has 0 saturated carbocycles. The van der Waals surface area contributed by atoms with Gasteiger partial charge < -0.3 is 14.8 Å². The van der Waals surface area contributed by atoms with Crippen molar-refractivity contribution in [2.24, 2.45) is 0 Å². The Morgan fingerprint density at radius 3 is 2.65 bits per heavy atom. The second kappa shape index (κ2) is 6.99. The number of phenols is 1. The van der Waals surface area contributed by atoms with Gasteiger partial charge in [-0.25, -0.2) is 4.98 Å². The summed E-state index contributed by atoms with van der Waals surface area (Å²) in [5.74, 6) is -0.568. The van der Waals surface area contributed by atoms with E-state index in [4.69, 9.17) is 39.2 Å². The van der Waals surface area contributed by atoms with E-state index in [2.05, 4.69) is 10.3 Å². The summed E-state index contributed by atoms with van der Waals surface area (Å²) in [5.41, 5.74) is 3.61. The molecule has 1 amide bonds. The summed E-state index contributed by atoms with van der Waals surface area (Å²) in [6.45, 7) is 3.73. The summed E-state index contributed by atoms with van der Waals surface area (Å²) < 4.78 is 3.66. The Labute approximate surface area is 164 Å². The maximum absolute atomic E-state index is 11.9. The first-order chi connectivity index (χ1) is 12.2. The summed E-state index contributed by atoms with van der Waals surface area (Å²) >= 11 is 16.7. The fourth-order valence-corrected chi connectivity index (χ4v) is 2.67. The number of phenolic OH excluding ortho intramolecular Hbond substituents is 1. The van der Waals surface area contributed by atoms with Gasteiger partial charge in [0.05, 0.1) is 5.56 Å². The maximum atomic E-state index is 11.9. The number of rotatable bonds is 3. The predicted molar refractivity (Wildman–Crippen MR) is 104 cm³/mol. The number of halogens is 3. The molecule has 26 heavy (non-hydrogen) atoms. The standard InChI is InChI=1S/C18H15Cl3N2O3/c1-3-10-4-5-14-13(7-10)23-16(26-14)12-8-11(6-9(2)15(12)24)22-17(25)18(19,20)21/h4-8,24H,3H2,1-2H3,(H,22,25). The van der Waals surface area contributed by atoms with Crippen molar-refractivity contribution in [2.75, 3.05) is 5.32 Å². The molecule has 0 radical (unpaired) electrons. The molecule has 0 fully saturated rings. The Morgan fingerprint density at radius 2 is 2.00 bits per heavy atom. The van der Waals surface area contributed by atoms with E-state index in [1.54, 1.807) is 13.0 Å². The lowest BCUT2D eigenvalue weighted by Gasteiger charge is -2.13. The van der Waals surface area contributed by atoms with E-state index in [0.29, 0.717) is 27.9 Å². The van der Waals surface area contributed by atoms with Gasteiger partial charge >= 0.3 is 0 Å². The minimum absolute atomic E-state index is 0.000784. The van der Waals surface area contributed by atoms with Crippen molar-refractivity contribution < 1.29 is 14.3 Å². The minimum atomic E-state index is -2.10. The van der Waals surface area contributed by atoms with Gasteiger partial charge in [-0.05, 0) is 48.7 Å². The summed E-state index contributed by atoms with van der Waals surface area (Å²) in [7, 11) is 0. The van der Waals surface area contributed by atoms with Crippen molar-refractivity contribution in [1.29, 1.82) is 0 Å². The van der Waals surface area contributed by atoms with Crippen molar-refractivity contribution in [3.8, 4) is 17.2 Å². The largest absolute Gasteiger partial charge is 0.507 e. The number of aromatic nitrogens is 1. The normalized spacial score (nSPS) is 11.7. The highest BCUT2D eigenvalue weighted by atomic mass is 35.6. The number of aryl methyl sites for hydroxylation is 2. The lowest BCUT2D eigenvalue weighted by molar-refractivity contribution is -0.115. The number of fused-ring (bicyclic) bond motifs is 1. The summed E-state index contributed by atoms with van der Waals surface area (Å²) in [4.78, 5) is 16.3. The molecule has 3 aromatic rings. The molecule has 1 aromatic heterocycles. The number of benzene rings is 2. The van der Waals surface area contributed by atoms with E-state index in [1.165, 1.54) is 6.07 Å². The molecule has 0 bridgehead atoms. The lowest BCUT2D eigenvalue weighted by atomic mass is 10.1. The monoisotopic (exact) mass is 412 g/mol. The molecule has 2 N–H and O–H groups in total. The number of carbonyl (C=O) groups is 1. The number of oxazole rings is 1. The topological polar surface area (TPSA) is 75.4 Å². The average Bonchev–Trinajstić information content (AvgIpc) is 2.99. The number of hydrogen-bond acceptors (Lipinski definition) is 4. The van der Waals surface area contributed by atoms with Crippen molar-refractivity contribution in [2.45, 2.75) is 24.1 Å². The van der Waals surface area contributed by atoms with Gasteiger partial charge in [-0.3, -0.25) is 4.79 Å². The number of alkyl halides is 3. The fraction of sp³-hybridized carbons (Fsp3) is 0.222.